The molecule has 0 aliphatic heterocycles. The summed E-state index contributed by atoms with van der Waals surface area (Å²) in [6.07, 6.45) is 0. The summed E-state index contributed by atoms with van der Waals surface area (Å²) >= 11 is 0. The van der Waals surface area contributed by atoms with Crippen LogP contribution in [0.2, 0.25) is 0 Å². The number of nitrogens with zero attached hydrogens (tertiary/aromatic N) is 1. The molecule has 0 heterocycles. The molecular weight excluding hydrogens is 214 g/mol. The summed E-state index contributed by atoms with van der Waals surface area (Å²) in [6, 6.07) is 5.80. The zero-order valence-corrected chi connectivity index (χ0v) is 10.7. The number of hydrogen-bond acceptors (Lipinski definition) is 3. The van der Waals surface area contributed by atoms with Crippen LogP contribution in [0.1, 0.15) is 11.1 Å². The van der Waals surface area contributed by atoms with Crippen LogP contribution in [-0.2, 0) is 0 Å². The van der Waals surface area contributed by atoms with Gasteiger partial charge in [-0.3, -0.25) is 0 Å². The third-order valence-corrected chi connectivity index (χ3v) is 2.31. The maximum absolute atomic E-state index is 8.64. The molecule has 0 saturated carbocycles. The van der Waals surface area contributed by atoms with E-state index in [1.165, 1.54) is 0 Å². The van der Waals surface area contributed by atoms with Gasteiger partial charge in [0.25, 0.3) is 0 Å². The molecule has 0 radical (unpaired) electrons. The molecule has 0 atom stereocenters. The Kier molecular flexibility index (Phi) is 5.55. The van der Waals surface area contributed by atoms with Crippen molar-refractivity contribution in [1.82, 2.24) is 4.90 Å². The summed E-state index contributed by atoms with van der Waals surface area (Å²) in [4.78, 5) is 2.08. The Hall–Kier alpha value is -1.50. The molecule has 1 aromatic rings. The number of aliphatic hydroxyl groups is 1. The standard InChI is InChI=1S/C14H19NO2/c1-12-11-14(17-10-8-15(2)3)7-6-13(12)5-4-9-16/h6-7,11,16H,8-10H2,1-3H3. The Morgan fingerprint density at radius 1 is 1.35 bits per heavy atom. The lowest BCUT2D eigenvalue weighted by Crippen LogP contribution is -2.19. The first kappa shape index (κ1) is 13.6. The Labute approximate surface area is 103 Å². The van der Waals surface area contributed by atoms with Gasteiger partial charge in [-0.1, -0.05) is 11.8 Å². The maximum atomic E-state index is 8.64. The van der Waals surface area contributed by atoms with Gasteiger partial charge >= 0.3 is 0 Å². The van der Waals surface area contributed by atoms with Crippen molar-refractivity contribution in [2.75, 3.05) is 33.9 Å². The topological polar surface area (TPSA) is 32.7 Å². The number of aliphatic hydroxyl groups excluding tert-OH is 1. The molecule has 0 amide bonds. The molecule has 0 fully saturated rings. The minimum absolute atomic E-state index is 0.111. The number of likely N-dealkylation sites (N-methyl/N-ethyl adjacent to an activating group) is 1. The molecule has 0 unspecified atom stereocenters. The van der Waals surface area contributed by atoms with Gasteiger partial charge in [0.05, 0.1) is 0 Å². The van der Waals surface area contributed by atoms with Gasteiger partial charge in [-0.15, -0.1) is 0 Å². The molecular formula is C14H19NO2. The monoisotopic (exact) mass is 233 g/mol. The first-order chi connectivity index (χ1) is 8.13. The SMILES string of the molecule is Cc1cc(OCCN(C)C)ccc1C#CCO. The van der Waals surface area contributed by atoms with Gasteiger partial charge in [0.2, 0.25) is 0 Å². The van der Waals surface area contributed by atoms with Crippen molar-refractivity contribution in [1.29, 1.82) is 0 Å². The molecule has 1 N–H and O–H groups in total. The first-order valence-corrected chi connectivity index (χ1v) is 5.61. The molecule has 3 nitrogen and oxygen atoms in total. The Morgan fingerprint density at radius 2 is 2.12 bits per heavy atom. The molecule has 0 aliphatic rings. The van der Waals surface area contributed by atoms with Crippen LogP contribution >= 0.6 is 0 Å². The zero-order valence-electron chi connectivity index (χ0n) is 10.7. The van der Waals surface area contributed by atoms with E-state index in [9.17, 15) is 0 Å². The quantitative estimate of drug-likeness (QED) is 0.795. The zero-order chi connectivity index (χ0) is 12.7. The Morgan fingerprint density at radius 3 is 2.71 bits per heavy atom. The molecule has 92 valence electrons. The van der Waals surface area contributed by atoms with Gasteiger partial charge in [0.1, 0.15) is 19.0 Å². The molecule has 0 saturated heterocycles. The van der Waals surface area contributed by atoms with Crippen LogP contribution in [0.5, 0.6) is 5.75 Å². The molecule has 0 aliphatic carbocycles. The number of benzene rings is 1. The van der Waals surface area contributed by atoms with Gasteiger partial charge in [0, 0.05) is 12.1 Å². The second kappa shape index (κ2) is 6.95. The van der Waals surface area contributed by atoms with Crippen molar-refractivity contribution >= 4 is 0 Å². The average Bonchev–Trinajstić information content (AvgIpc) is 2.27. The fourth-order valence-corrected chi connectivity index (χ4v) is 1.35. The van der Waals surface area contributed by atoms with Crippen LogP contribution in [-0.4, -0.2) is 43.9 Å². The summed E-state index contributed by atoms with van der Waals surface area (Å²) < 4.78 is 5.62. The van der Waals surface area contributed by atoms with E-state index in [4.69, 9.17) is 9.84 Å². The number of hydrogen-bond donors (Lipinski definition) is 1. The fourth-order valence-electron chi connectivity index (χ4n) is 1.35. The first-order valence-electron chi connectivity index (χ1n) is 5.61. The molecule has 0 bridgehead atoms. The molecule has 1 aromatic carbocycles. The van der Waals surface area contributed by atoms with Crippen molar-refractivity contribution in [2.45, 2.75) is 6.92 Å². The predicted molar refractivity (Wildman–Crippen MR) is 69.2 cm³/mol. The molecule has 0 spiro atoms. The second-order valence-corrected chi connectivity index (χ2v) is 4.09. The second-order valence-electron chi connectivity index (χ2n) is 4.09. The normalized spacial score (nSPS) is 9.94. The van der Waals surface area contributed by atoms with Crippen LogP contribution in [0.3, 0.4) is 0 Å². The van der Waals surface area contributed by atoms with Gasteiger partial charge in [-0.25, -0.2) is 0 Å². The Balaban J connectivity index is 2.62. The van der Waals surface area contributed by atoms with E-state index >= 15 is 0 Å². The van der Waals surface area contributed by atoms with Crippen LogP contribution in [0.25, 0.3) is 0 Å². The highest BCUT2D eigenvalue weighted by atomic mass is 16.5. The number of ether oxygens (including phenoxy) is 1. The third-order valence-electron chi connectivity index (χ3n) is 2.31. The highest BCUT2D eigenvalue weighted by molar-refractivity contribution is 5.44. The van der Waals surface area contributed by atoms with E-state index in [0.717, 1.165) is 23.4 Å². The summed E-state index contributed by atoms with van der Waals surface area (Å²) in [5, 5.41) is 8.64. The van der Waals surface area contributed by atoms with E-state index in [0.29, 0.717) is 6.61 Å². The minimum atomic E-state index is -0.111. The summed E-state index contributed by atoms with van der Waals surface area (Å²) in [5.74, 6) is 6.40. The van der Waals surface area contributed by atoms with E-state index in [-0.39, 0.29) is 6.61 Å². The number of rotatable bonds is 4. The molecule has 3 heteroatoms. The lowest BCUT2D eigenvalue weighted by atomic mass is 10.1. The van der Waals surface area contributed by atoms with Crippen LogP contribution in [0.15, 0.2) is 18.2 Å². The summed E-state index contributed by atoms with van der Waals surface area (Å²) in [5.41, 5.74) is 1.99. The molecule has 0 aromatic heterocycles. The number of aryl methyl sites for hydroxylation is 1. The van der Waals surface area contributed by atoms with Crippen molar-refractivity contribution in [3.63, 3.8) is 0 Å². The van der Waals surface area contributed by atoms with E-state index in [2.05, 4.69) is 16.7 Å². The van der Waals surface area contributed by atoms with Crippen molar-refractivity contribution in [3.8, 4) is 17.6 Å². The highest BCUT2D eigenvalue weighted by Gasteiger charge is 1.99. The van der Waals surface area contributed by atoms with Crippen molar-refractivity contribution in [2.24, 2.45) is 0 Å². The smallest absolute Gasteiger partial charge is 0.119 e. The highest BCUT2D eigenvalue weighted by Crippen LogP contribution is 2.16. The Bertz CT molecular complexity index is 416. The van der Waals surface area contributed by atoms with E-state index in [1.54, 1.807) is 0 Å². The van der Waals surface area contributed by atoms with Crippen molar-refractivity contribution in [3.05, 3.63) is 29.3 Å². The lowest BCUT2D eigenvalue weighted by molar-refractivity contribution is 0.261. The molecule has 17 heavy (non-hydrogen) atoms. The van der Waals surface area contributed by atoms with E-state index < -0.39 is 0 Å². The lowest BCUT2D eigenvalue weighted by Gasteiger charge is -2.11. The summed E-state index contributed by atoms with van der Waals surface area (Å²) in [6.45, 7) is 3.44. The van der Waals surface area contributed by atoms with Gasteiger partial charge in [0.15, 0.2) is 0 Å². The van der Waals surface area contributed by atoms with E-state index in [1.807, 2.05) is 39.2 Å². The molecule has 1 rings (SSSR count). The summed E-state index contributed by atoms with van der Waals surface area (Å²) in [7, 11) is 4.03. The van der Waals surface area contributed by atoms with Crippen LogP contribution in [0, 0.1) is 18.8 Å². The minimum Gasteiger partial charge on any atom is -0.492 e. The van der Waals surface area contributed by atoms with Gasteiger partial charge < -0.3 is 14.7 Å². The third kappa shape index (κ3) is 4.90. The van der Waals surface area contributed by atoms with Gasteiger partial charge in [-0.2, -0.15) is 0 Å². The van der Waals surface area contributed by atoms with Crippen molar-refractivity contribution < 1.29 is 9.84 Å². The average molecular weight is 233 g/mol. The van der Waals surface area contributed by atoms with Crippen LogP contribution in [0.4, 0.5) is 0 Å². The maximum Gasteiger partial charge on any atom is 0.119 e. The van der Waals surface area contributed by atoms with Crippen LogP contribution < -0.4 is 4.74 Å². The largest absolute Gasteiger partial charge is 0.492 e. The van der Waals surface area contributed by atoms with Gasteiger partial charge in [-0.05, 0) is 44.8 Å². The fraction of sp³-hybridized carbons (Fsp3) is 0.429. The predicted octanol–water partition coefficient (Wildman–Crippen LogP) is 1.28.